The average molecular weight is 491 g/mol. The first-order valence-electron chi connectivity index (χ1n) is 13.5. The van der Waals surface area contributed by atoms with Crippen LogP contribution >= 0.6 is 0 Å². The maximum Gasteiger partial charge on any atom is 0.305 e. The molecule has 0 radical (unpaired) electrons. The van der Waals surface area contributed by atoms with E-state index in [1.165, 1.54) is 64.2 Å². The molecule has 8 heteroatoms. The van der Waals surface area contributed by atoms with Crippen LogP contribution < -0.4 is 0 Å². The van der Waals surface area contributed by atoms with Gasteiger partial charge in [-0.3, -0.25) is 4.79 Å². The summed E-state index contributed by atoms with van der Waals surface area (Å²) in [5.74, 6) is -0.869. The predicted molar refractivity (Wildman–Crippen MR) is 130 cm³/mol. The van der Waals surface area contributed by atoms with Gasteiger partial charge in [-0.2, -0.15) is 0 Å². The van der Waals surface area contributed by atoms with Gasteiger partial charge in [-0.1, -0.05) is 90.9 Å². The number of aliphatic hydroxyl groups is 4. The topological polar surface area (TPSA) is 126 Å². The number of esters is 1. The largest absolute Gasteiger partial charge is 0.463 e. The highest BCUT2D eigenvalue weighted by Crippen LogP contribution is 2.26. The van der Waals surface area contributed by atoms with Crippen molar-refractivity contribution in [3.05, 3.63) is 0 Å². The van der Waals surface area contributed by atoms with Gasteiger partial charge in [0.15, 0.2) is 6.29 Å². The van der Waals surface area contributed by atoms with Crippen LogP contribution in [0.15, 0.2) is 0 Å². The van der Waals surface area contributed by atoms with Crippen LogP contribution in [0.1, 0.15) is 104 Å². The Balaban J connectivity index is 1.99. The van der Waals surface area contributed by atoms with E-state index in [9.17, 15) is 25.2 Å². The number of carbonyl (C=O) groups excluding carboxylic acids is 1. The van der Waals surface area contributed by atoms with Crippen LogP contribution in [0.4, 0.5) is 0 Å². The Kier molecular flexibility index (Phi) is 17.9. The summed E-state index contributed by atoms with van der Waals surface area (Å²) < 4.78 is 16.0. The Bertz CT molecular complexity index is 501. The third-order valence-corrected chi connectivity index (χ3v) is 6.56. The molecule has 1 fully saturated rings. The molecule has 1 heterocycles. The Labute approximate surface area is 206 Å². The molecule has 6 unspecified atom stereocenters. The van der Waals surface area contributed by atoms with E-state index in [4.69, 9.17) is 14.2 Å². The van der Waals surface area contributed by atoms with Crippen LogP contribution in [0.25, 0.3) is 0 Å². The summed E-state index contributed by atoms with van der Waals surface area (Å²) in [5, 5.41) is 39.1. The second-order valence-electron chi connectivity index (χ2n) is 9.73. The van der Waals surface area contributed by atoms with E-state index in [2.05, 4.69) is 6.92 Å². The lowest BCUT2D eigenvalue weighted by Crippen LogP contribution is -2.55. The number of ether oxygens (including phenoxy) is 3. The Hall–Kier alpha value is -0.770. The summed E-state index contributed by atoms with van der Waals surface area (Å²) in [4.78, 5) is 11.9. The molecule has 34 heavy (non-hydrogen) atoms. The minimum atomic E-state index is -1.20. The van der Waals surface area contributed by atoms with Crippen molar-refractivity contribution in [3.63, 3.8) is 0 Å². The van der Waals surface area contributed by atoms with Crippen LogP contribution in [0.3, 0.4) is 0 Å². The molecule has 0 saturated carbocycles. The molecule has 0 spiro atoms. The van der Waals surface area contributed by atoms with Gasteiger partial charge >= 0.3 is 5.97 Å². The fraction of sp³-hybridized carbons (Fsp3) is 0.962. The van der Waals surface area contributed by atoms with Crippen molar-refractivity contribution in [2.45, 2.75) is 134 Å². The second-order valence-corrected chi connectivity index (χ2v) is 9.73. The van der Waals surface area contributed by atoms with Gasteiger partial charge < -0.3 is 34.6 Å². The number of carbonyl (C=O) groups is 1. The first-order chi connectivity index (χ1) is 16.4. The van der Waals surface area contributed by atoms with E-state index in [-0.39, 0.29) is 19.2 Å². The molecule has 6 atom stereocenters. The van der Waals surface area contributed by atoms with Crippen LogP contribution in [0.2, 0.25) is 0 Å². The summed E-state index contributed by atoms with van der Waals surface area (Å²) >= 11 is 0. The molecule has 1 saturated heterocycles. The van der Waals surface area contributed by atoms with Crippen LogP contribution in [0, 0.1) is 5.92 Å². The number of aliphatic hydroxyl groups excluding tert-OH is 4. The standard InChI is InChI=1S/C26H50O8/c1-3-4-5-6-7-8-9-10-11-12-13-14-15-16-23(29)32-18-21(28)19-33-26-20(2)24(30)25(31)22(17-27)34-26/h20-22,24-28,30-31H,3-19H2,1-2H3. The summed E-state index contributed by atoms with van der Waals surface area (Å²) in [6.07, 6.45) is 11.4. The molecule has 0 aromatic carbocycles. The summed E-state index contributed by atoms with van der Waals surface area (Å²) in [7, 11) is 0. The van der Waals surface area contributed by atoms with Crippen molar-refractivity contribution in [1.82, 2.24) is 0 Å². The molecule has 0 bridgehead atoms. The fourth-order valence-electron chi connectivity index (χ4n) is 4.21. The van der Waals surface area contributed by atoms with Crippen molar-refractivity contribution >= 4 is 5.97 Å². The average Bonchev–Trinajstić information content (AvgIpc) is 2.83. The monoisotopic (exact) mass is 490 g/mol. The zero-order valence-corrected chi connectivity index (χ0v) is 21.4. The van der Waals surface area contributed by atoms with Gasteiger partial charge in [0.2, 0.25) is 0 Å². The first-order valence-corrected chi connectivity index (χ1v) is 13.5. The lowest BCUT2D eigenvalue weighted by molar-refractivity contribution is -0.286. The van der Waals surface area contributed by atoms with Gasteiger partial charge in [0.05, 0.1) is 19.3 Å². The summed E-state index contributed by atoms with van der Waals surface area (Å²) in [5.41, 5.74) is 0. The van der Waals surface area contributed by atoms with Gasteiger partial charge in [-0.15, -0.1) is 0 Å². The molecule has 202 valence electrons. The first kappa shape index (κ1) is 31.3. The third-order valence-electron chi connectivity index (χ3n) is 6.56. The van der Waals surface area contributed by atoms with Crippen molar-refractivity contribution in [2.24, 2.45) is 5.92 Å². The zero-order chi connectivity index (χ0) is 25.2. The predicted octanol–water partition coefficient (Wildman–Crippen LogP) is 3.46. The second kappa shape index (κ2) is 19.4. The van der Waals surface area contributed by atoms with Gasteiger partial charge in [0, 0.05) is 12.3 Å². The summed E-state index contributed by atoms with van der Waals surface area (Å²) in [6.45, 7) is 3.11. The molecule has 1 aliphatic heterocycles. The maximum atomic E-state index is 11.9. The molecule has 0 amide bonds. The molecular formula is C26H50O8. The Morgan fingerprint density at radius 3 is 1.91 bits per heavy atom. The zero-order valence-electron chi connectivity index (χ0n) is 21.4. The minimum absolute atomic E-state index is 0.151. The molecule has 8 nitrogen and oxygen atoms in total. The molecule has 4 N–H and O–H groups in total. The SMILES string of the molecule is CCCCCCCCCCCCCCCC(=O)OCC(O)COC1OC(CO)C(O)C(O)C1C. The van der Waals surface area contributed by atoms with Crippen molar-refractivity contribution in [3.8, 4) is 0 Å². The third kappa shape index (κ3) is 13.4. The number of hydrogen-bond acceptors (Lipinski definition) is 8. The number of rotatable bonds is 20. The fourth-order valence-corrected chi connectivity index (χ4v) is 4.21. The normalized spacial score (nSPS) is 25.9. The van der Waals surface area contributed by atoms with Crippen LogP contribution in [-0.2, 0) is 19.0 Å². The molecule has 1 rings (SSSR count). The van der Waals surface area contributed by atoms with E-state index in [0.29, 0.717) is 6.42 Å². The van der Waals surface area contributed by atoms with Crippen molar-refractivity contribution in [2.75, 3.05) is 19.8 Å². The van der Waals surface area contributed by atoms with E-state index in [1.54, 1.807) is 6.92 Å². The van der Waals surface area contributed by atoms with Gasteiger partial charge in [-0.05, 0) is 6.42 Å². The highest BCUT2D eigenvalue weighted by Gasteiger charge is 2.42. The highest BCUT2D eigenvalue weighted by atomic mass is 16.7. The lowest BCUT2D eigenvalue weighted by atomic mass is 9.92. The molecule has 1 aliphatic rings. The van der Waals surface area contributed by atoms with Gasteiger partial charge in [0.1, 0.15) is 24.9 Å². The lowest BCUT2D eigenvalue weighted by Gasteiger charge is -2.40. The molecule has 0 aromatic heterocycles. The van der Waals surface area contributed by atoms with E-state index in [1.807, 2.05) is 0 Å². The number of unbranched alkanes of at least 4 members (excludes halogenated alkanes) is 12. The van der Waals surface area contributed by atoms with Crippen molar-refractivity contribution in [1.29, 1.82) is 0 Å². The quantitative estimate of drug-likeness (QED) is 0.151. The highest BCUT2D eigenvalue weighted by molar-refractivity contribution is 5.69. The van der Waals surface area contributed by atoms with Crippen LogP contribution in [-0.4, -0.2) is 76.9 Å². The molecule has 0 aromatic rings. The van der Waals surface area contributed by atoms with Gasteiger partial charge in [-0.25, -0.2) is 0 Å². The van der Waals surface area contributed by atoms with Crippen LogP contribution in [0.5, 0.6) is 0 Å². The Morgan fingerprint density at radius 2 is 1.38 bits per heavy atom. The Morgan fingerprint density at radius 1 is 0.853 bits per heavy atom. The van der Waals surface area contributed by atoms with Crippen molar-refractivity contribution < 1.29 is 39.4 Å². The number of hydrogen-bond donors (Lipinski definition) is 4. The minimum Gasteiger partial charge on any atom is -0.463 e. The molecular weight excluding hydrogens is 440 g/mol. The maximum absolute atomic E-state index is 11.9. The summed E-state index contributed by atoms with van der Waals surface area (Å²) in [6, 6.07) is 0. The smallest absolute Gasteiger partial charge is 0.305 e. The van der Waals surface area contributed by atoms with E-state index < -0.39 is 43.2 Å². The van der Waals surface area contributed by atoms with E-state index in [0.717, 1.165) is 19.3 Å². The van der Waals surface area contributed by atoms with Gasteiger partial charge in [0.25, 0.3) is 0 Å². The van der Waals surface area contributed by atoms with E-state index >= 15 is 0 Å². The molecule has 0 aliphatic carbocycles.